The predicted molar refractivity (Wildman–Crippen MR) is 149 cm³/mol. The number of amides is 3. The molecular formula is C27H29ClF4N6O3S. The second-order valence-electron chi connectivity index (χ2n) is 9.78. The van der Waals surface area contributed by atoms with Gasteiger partial charge >= 0.3 is 6.18 Å². The molecule has 0 saturated carbocycles. The molecule has 9 nitrogen and oxygen atoms in total. The topological polar surface area (TPSA) is 109 Å². The van der Waals surface area contributed by atoms with Crippen LogP contribution in [-0.2, 0) is 6.42 Å². The lowest BCUT2D eigenvalue weighted by molar-refractivity contribution is -0.123. The highest BCUT2D eigenvalue weighted by Crippen LogP contribution is 2.23. The number of nitrogens with one attached hydrogen (secondary N) is 2. The van der Waals surface area contributed by atoms with E-state index in [9.17, 15) is 31.9 Å². The van der Waals surface area contributed by atoms with E-state index in [1.54, 1.807) is 17.0 Å². The van der Waals surface area contributed by atoms with E-state index in [0.29, 0.717) is 72.2 Å². The van der Waals surface area contributed by atoms with Gasteiger partial charge in [0.2, 0.25) is 0 Å². The Labute approximate surface area is 248 Å². The van der Waals surface area contributed by atoms with Crippen LogP contribution in [-0.4, -0.2) is 76.1 Å². The van der Waals surface area contributed by atoms with E-state index < -0.39 is 25.3 Å². The van der Waals surface area contributed by atoms with Gasteiger partial charge < -0.3 is 15.5 Å². The summed E-state index contributed by atoms with van der Waals surface area (Å²) in [5.74, 6) is -1.41. The molecule has 0 radical (unpaired) electrons. The summed E-state index contributed by atoms with van der Waals surface area (Å²) in [5, 5.41) is 13.1. The molecule has 226 valence electrons. The Morgan fingerprint density at radius 2 is 1.71 bits per heavy atom. The molecule has 1 aliphatic rings. The molecule has 1 fully saturated rings. The van der Waals surface area contributed by atoms with Gasteiger partial charge in [-0.25, -0.2) is 4.68 Å². The molecule has 42 heavy (non-hydrogen) atoms. The smallest absolute Gasteiger partial charge is 0.348 e. The van der Waals surface area contributed by atoms with Gasteiger partial charge in [0.15, 0.2) is 5.69 Å². The fourth-order valence-electron chi connectivity index (χ4n) is 4.57. The van der Waals surface area contributed by atoms with Gasteiger partial charge in [-0.3, -0.25) is 18.8 Å². The first kappa shape index (κ1) is 31.4. The lowest BCUT2D eigenvalue weighted by Gasteiger charge is -2.32. The van der Waals surface area contributed by atoms with Crippen LogP contribution in [0.25, 0.3) is 5.69 Å². The maximum Gasteiger partial charge on any atom is 0.405 e. The minimum absolute atomic E-state index is 0.0287. The maximum absolute atomic E-state index is 13.5. The molecule has 0 spiro atoms. The van der Waals surface area contributed by atoms with Crippen LogP contribution < -0.4 is 10.6 Å². The standard InChI is InChI=1S/C27H29ClF4N6O3S/c28-22-10-9-21(42-22)25(40)34-18-11-14-37(15-12-18)26(41)23-20(4-2-1-3-13-29)38(36-35-23)19-7-5-17(6-8-19)24(39)33-16-27(30,31)32/h5-10,18H,1-4,11-16H2,(H,33,39)(H,34,40). The minimum Gasteiger partial charge on any atom is -0.348 e. The van der Waals surface area contributed by atoms with Gasteiger partial charge in [-0.05, 0) is 68.5 Å². The number of carbonyl (C=O) groups excluding carboxylic acids is 3. The summed E-state index contributed by atoms with van der Waals surface area (Å²) in [7, 11) is 0. The molecule has 3 amide bonds. The molecule has 15 heteroatoms. The van der Waals surface area contributed by atoms with Crippen molar-refractivity contribution in [1.82, 2.24) is 30.5 Å². The van der Waals surface area contributed by atoms with Crippen molar-refractivity contribution in [2.45, 2.75) is 50.7 Å². The van der Waals surface area contributed by atoms with E-state index in [2.05, 4.69) is 15.6 Å². The number of halogens is 5. The zero-order chi connectivity index (χ0) is 30.3. The Hall–Kier alpha value is -3.52. The highest BCUT2D eigenvalue weighted by atomic mass is 35.5. The normalized spacial score (nSPS) is 14.2. The van der Waals surface area contributed by atoms with Crippen molar-refractivity contribution in [1.29, 1.82) is 0 Å². The van der Waals surface area contributed by atoms with Gasteiger partial charge in [-0.1, -0.05) is 23.2 Å². The number of benzene rings is 1. The van der Waals surface area contributed by atoms with Crippen LogP contribution in [0.4, 0.5) is 17.6 Å². The van der Waals surface area contributed by atoms with Crippen LogP contribution in [0.5, 0.6) is 0 Å². The van der Waals surface area contributed by atoms with Crippen molar-refractivity contribution < 1.29 is 31.9 Å². The number of thiophene rings is 1. The Kier molecular flexibility index (Phi) is 10.5. The fraction of sp³-hybridized carbons (Fsp3) is 0.444. The molecule has 3 aromatic rings. The van der Waals surface area contributed by atoms with Crippen LogP contribution in [0.2, 0.25) is 4.34 Å². The molecular weight excluding hydrogens is 600 g/mol. The van der Waals surface area contributed by atoms with Crippen LogP contribution in [0.1, 0.15) is 68.3 Å². The van der Waals surface area contributed by atoms with E-state index in [1.807, 2.05) is 5.32 Å². The van der Waals surface area contributed by atoms with Crippen LogP contribution in [0, 0.1) is 0 Å². The first-order chi connectivity index (χ1) is 20.1. The van der Waals surface area contributed by atoms with Crippen molar-refractivity contribution in [3.05, 3.63) is 62.6 Å². The lowest BCUT2D eigenvalue weighted by atomic mass is 10.0. The Morgan fingerprint density at radius 3 is 2.33 bits per heavy atom. The van der Waals surface area contributed by atoms with Gasteiger partial charge in [0.05, 0.1) is 27.3 Å². The summed E-state index contributed by atoms with van der Waals surface area (Å²) < 4.78 is 52.0. The summed E-state index contributed by atoms with van der Waals surface area (Å²) in [6.45, 7) is -1.11. The van der Waals surface area contributed by atoms with E-state index in [1.165, 1.54) is 40.3 Å². The van der Waals surface area contributed by atoms with Gasteiger partial charge in [-0.15, -0.1) is 16.4 Å². The van der Waals surface area contributed by atoms with Gasteiger partial charge in [0, 0.05) is 24.7 Å². The first-order valence-electron chi connectivity index (χ1n) is 13.4. The third kappa shape index (κ3) is 8.28. The third-order valence-electron chi connectivity index (χ3n) is 6.75. The molecule has 0 unspecified atom stereocenters. The molecule has 0 bridgehead atoms. The Morgan fingerprint density at radius 1 is 1.00 bits per heavy atom. The minimum atomic E-state index is -4.53. The Balaban J connectivity index is 1.44. The summed E-state index contributed by atoms with van der Waals surface area (Å²) in [4.78, 5) is 40.2. The highest BCUT2D eigenvalue weighted by Gasteiger charge is 2.30. The molecule has 2 aromatic heterocycles. The predicted octanol–water partition coefficient (Wildman–Crippen LogP) is 4.99. The molecule has 0 aliphatic carbocycles. The quantitative estimate of drug-likeness (QED) is 0.230. The second kappa shape index (κ2) is 14.1. The average Bonchev–Trinajstić information content (AvgIpc) is 3.60. The lowest BCUT2D eigenvalue weighted by Crippen LogP contribution is -2.46. The van der Waals surface area contributed by atoms with E-state index >= 15 is 0 Å². The van der Waals surface area contributed by atoms with Crippen molar-refractivity contribution in [2.75, 3.05) is 26.3 Å². The van der Waals surface area contributed by atoms with Crippen LogP contribution in [0.15, 0.2) is 36.4 Å². The number of carbonyl (C=O) groups is 3. The van der Waals surface area contributed by atoms with E-state index in [-0.39, 0.29) is 29.1 Å². The molecule has 1 saturated heterocycles. The molecule has 4 rings (SSSR count). The summed E-state index contributed by atoms with van der Waals surface area (Å²) >= 11 is 7.11. The monoisotopic (exact) mass is 628 g/mol. The highest BCUT2D eigenvalue weighted by molar-refractivity contribution is 7.18. The number of alkyl halides is 4. The number of rotatable bonds is 11. The van der Waals surface area contributed by atoms with E-state index in [4.69, 9.17) is 11.6 Å². The first-order valence-corrected chi connectivity index (χ1v) is 14.6. The summed E-state index contributed by atoms with van der Waals surface area (Å²) in [6, 6.07) is 8.95. The Bertz CT molecular complexity index is 1390. The van der Waals surface area contributed by atoms with Crippen molar-refractivity contribution >= 4 is 40.7 Å². The molecule has 1 aliphatic heterocycles. The summed E-state index contributed by atoms with van der Waals surface area (Å²) in [6.07, 6.45) is -1.49. The molecule has 3 heterocycles. The maximum atomic E-state index is 13.5. The third-order valence-corrected chi connectivity index (χ3v) is 7.98. The number of unbranched alkanes of at least 4 members (excludes halogenated alkanes) is 2. The number of hydrogen-bond acceptors (Lipinski definition) is 6. The van der Waals surface area contributed by atoms with Gasteiger partial charge in [-0.2, -0.15) is 13.2 Å². The number of piperidine rings is 1. The molecule has 2 N–H and O–H groups in total. The second-order valence-corrected chi connectivity index (χ2v) is 11.5. The van der Waals surface area contributed by atoms with Gasteiger partial charge in [0.1, 0.15) is 6.54 Å². The van der Waals surface area contributed by atoms with Crippen LogP contribution >= 0.6 is 22.9 Å². The van der Waals surface area contributed by atoms with Gasteiger partial charge in [0.25, 0.3) is 17.7 Å². The SMILES string of the molecule is O=C(NCC(F)(F)F)c1ccc(-n2nnc(C(=O)N3CCC(NC(=O)c4ccc(Cl)s4)CC3)c2CCCCCF)cc1. The zero-order valence-corrected chi connectivity index (χ0v) is 24.0. The zero-order valence-electron chi connectivity index (χ0n) is 22.4. The number of hydrogen-bond donors (Lipinski definition) is 2. The summed E-state index contributed by atoms with van der Waals surface area (Å²) in [5.41, 5.74) is 1.15. The van der Waals surface area contributed by atoms with Crippen molar-refractivity contribution in [3.8, 4) is 5.69 Å². The largest absolute Gasteiger partial charge is 0.405 e. The van der Waals surface area contributed by atoms with Crippen molar-refractivity contribution in [3.63, 3.8) is 0 Å². The molecule has 1 aromatic carbocycles. The fourth-order valence-corrected chi connectivity index (χ4v) is 5.52. The number of nitrogens with zero attached hydrogens (tertiary/aromatic N) is 4. The van der Waals surface area contributed by atoms with E-state index in [0.717, 1.165) is 0 Å². The average molecular weight is 629 g/mol. The molecule has 0 atom stereocenters. The number of likely N-dealkylation sites (tertiary alicyclic amines) is 1. The van der Waals surface area contributed by atoms with Crippen molar-refractivity contribution in [2.24, 2.45) is 0 Å². The number of aromatic nitrogens is 3. The van der Waals surface area contributed by atoms with Crippen LogP contribution in [0.3, 0.4) is 0 Å².